The number of hydrogen-bond donors (Lipinski definition) is 0. The minimum Gasteiger partial charge on any atom is -0.370 e. The minimum atomic E-state index is -1.16. The number of carbonyl (C=O) groups is 1. The Morgan fingerprint density at radius 2 is 2.39 bits per heavy atom. The van der Waals surface area contributed by atoms with Crippen molar-refractivity contribution in [1.82, 2.24) is 0 Å². The van der Waals surface area contributed by atoms with Gasteiger partial charge >= 0.3 is 0 Å². The van der Waals surface area contributed by atoms with E-state index in [1.54, 1.807) is 0 Å². The summed E-state index contributed by atoms with van der Waals surface area (Å²) in [4.78, 5) is 12.1. The second kappa shape index (κ2) is 5.47. The fourth-order valence-electron chi connectivity index (χ4n) is 2.02. The molecule has 2 rings (SSSR count). The van der Waals surface area contributed by atoms with Gasteiger partial charge in [-0.05, 0) is 18.9 Å². The molecule has 0 aliphatic carbocycles. The Balaban J connectivity index is 2.31. The van der Waals surface area contributed by atoms with Crippen molar-refractivity contribution in [3.8, 4) is 6.07 Å². The zero-order chi connectivity index (χ0) is 13.1. The van der Waals surface area contributed by atoms with Crippen LogP contribution in [-0.4, -0.2) is 18.5 Å². The highest BCUT2D eigenvalue weighted by Gasteiger charge is 2.33. The summed E-state index contributed by atoms with van der Waals surface area (Å²) in [7, 11) is 0. The minimum absolute atomic E-state index is 0.0190. The first-order valence-electron chi connectivity index (χ1n) is 5.64. The van der Waals surface area contributed by atoms with Gasteiger partial charge in [0, 0.05) is 12.2 Å². The maximum absolute atomic E-state index is 13.8. The van der Waals surface area contributed by atoms with E-state index in [0.717, 1.165) is 6.42 Å². The molecule has 94 valence electrons. The Morgan fingerprint density at radius 3 is 3.00 bits per heavy atom. The quantitative estimate of drug-likeness (QED) is 0.846. The first-order chi connectivity index (χ1) is 8.65. The highest BCUT2D eigenvalue weighted by Crippen LogP contribution is 2.28. The molecule has 2 unspecified atom stereocenters. The van der Waals surface area contributed by atoms with Crippen LogP contribution in [0, 0.1) is 17.1 Å². The molecule has 0 amide bonds. The predicted octanol–water partition coefficient (Wildman–Crippen LogP) is 2.83. The van der Waals surface area contributed by atoms with Gasteiger partial charge in [0.05, 0.1) is 11.1 Å². The molecular formula is C13H11ClFNO2. The van der Waals surface area contributed by atoms with E-state index in [1.807, 2.05) is 6.07 Å². The second-order valence-corrected chi connectivity index (χ2v) is 4.52. The monoisotopic (exact) mass is 267 g/mol. The Morgan fingerprint density at radius 1 is 1.61 bits per heavy atom. The zero-order valence-corrected chi connectivity index (χ0v) is 10.3. The summed E-state index contributed by atoms with van der Waals surface area (Å²) in [6.07, 6.45) is 0.763. The molecule has 0 saturated carbocycles. The van der Waals surface area contributed by atoms with Crippen molar-refractivity contribution in [2.24, 2.45) is 0 Å². The van der Waals surface area contributed by atoms with Crippen LogP contribution in [0.5, 0.6) is 0 Å². The summed E-state index contributed by atoms with van der Waals surface area (Å²) in [6, 6.07) is 6.14. The summed E-state index contributed by atoms with van der Waals surface area (Å²) >= 11 is 5.65. The van der Waals surface area contributed by atoms with E-state index < -0.39 is 23.6 Å². The van der Waals surface area contributed by atoms with Crippen molar-refractivity contribution in [1.29, 1.82) is 5.26 Å². The molecule has 18 heavy (non-hydrogen) atoms. The van der Waals surface area contributed by atoms with Gasteiger partial charge in [-0.25, -0.2) is 4.39 Å². The third-order valence-electron chi connectivity index (χ3n) is 2.95. The molecule has 0 N–H and O–H groups in total. The van der Waals surface area contributed by atoms with Crippen molar-refractivity contribution in [3.05, 3.63) is 34.6 Å². The number of rotatable bonds is 3. The van der Waals surface area contributed by atoms with Crippen LogP contribution in [0.25, 0.3) is 0 Å². The molecule has 5 heteroatoms. The Hall–Kier alpha value is -1.44. The number of ether oxygens (including phenoxy) is 1. The first-order valence-corrected chi connectivity index (χ1v) is 6.02. The number of halogens is 2. The van der Waals surface area contributed by atoms with Gasteiger partial charge in [0.1, 0.15) is 17.8 Å². The van der Waals surface area contributed by atoms with E-state index in [9.17, 15) is 9.18 Å². The van der Waals surface area contributed by atoms with Crippen molar-refractivity contribution in [2.45, 2.75) is 24.9 Å². The van der Waals surface area contributed by atoms with E-state index in [4.69, 9.17) is 21.6 Å². The molecule has 2 atom stereocenters. The van der Waals surface area contributed by atoms with Crippen LogP contribution in [0.1, 0.15) is 24.3 Å². The first kappa shape index (κ1) is 13.0. The molecular weight excluding hydrogens is 257 g/mol. The van der Waals surface area contributed by atoms with Crippen LogP contribution in [0.3, 0.4) is 0 Å². The lowest BCUT2D eigenvalue weighted by molar-refractivity contribution is -0.128. The van der Waals surface area contributed by atoms with E-state index in [1.165, 1.54) is 18.2 Å². The molecule has 1 heterocycles. The summed E-state index contributed by atoms with van der Waals surface area (Å²) in [5.41, 5.74) is 0.0190. The van der Waals surface area contributed by atoms with Crippen LogP contribution in [0.4, 0.5) is 4.39 Å². The van der Waals surface area contributed by atoms with Gasteiger partial charge in [0.15, 0.2) is 5.78 Å². The fraction of sp³-hybridized carbons (Fsp3) is 0.385. The fourth-order valence-corrected chi connectivity index (χ4v) is 2.20. The maximum Gasteiger partial charge on any atom is 0.183 e. The van der Waals surface area contributed by atoms with Crippen LogP contribution in [0.2, 0.25) is 5.02 Å². The lowest BCUT2D eigenvalue weighted by Crippen LogP contribution is -2.26. The summed E-state index contributed by atoms with van der Waals surface area (Å²) in [5, 5.41) is 9.00. The number of carbonyl (C=O) groups excluding carboxylic acids is 1. The van der Waals surface area contributed by atoms with Gasteiger partial charge in [-0.3, -0.25) is 4.79 Å². The van der Waals surface area contributed by atoms with E-state index in [2.05, 4.69) is 0 Å². The predicted molar refractivity (Wildman–Crippen MR) is 63.7 cm³/mol. The lowest BCUT2D eigenvalue weighted by Gasteiger charge is -2.14. The highest BCUT2D eigenvalue weighted by molar-refractivity contribution is 6.30. The normalized spacial score (nSPS) is 20.4. The van der Waals surface area contributed by atoms with Gasteiger partial charge in [0.2, 0.25) is 0 Å². The van der Waals surface area contributed by atoms with Gasteiger partial charge in [-0.2, -0.15) is 5.26 Å². The standard InChI is InChI=1S/C13H11ClFNO2/c14-10-4-1-3-8(12(10)15)9(7-16)13(17)11-5-2-6-18-11/h1,3-4,9,11H,2,5-6H2. The SMILES string of the molecule is N#CC(C(=O)C1CCCO1)c1cccc(Cl)c1F. The Labute approximate surface area is 109 Å². The molecule has 1 aromatic rings. The zero-order valence-electron chi connectivity index (χ0n) is 9.53. The number of ketones is 1. The van der Waals surface area contributed by atoms with Gasteiger partial charge < -0.3 is 4.74 Å². The average molecular weight is 268 g/mol. The largest absolute Gasteiger partial charge is 0.370 e. The number of hydrogen-bond acceptors (Lipinski definition) is 3. The molecule has 0 bridgehead atoms. The molecule has 0 aromatic heterocycles. The van der Waals surface area contributed by atoms with E-state index >= 15 is 0 Å². The lowest BCUT2D eigenvalue weighted by atomic mass is 9.92. The van der Waals surface area contributed by atoms with Crippen LogP contribution in [0.15, 0.2) is 18.2 Å². The average Bonchev–Trinajstić information content (AvgIpc) is 2.89. The number of nitriles is 1. The molecule has 3 nitrogen and oxygen atoms in total. The summed E-state index contributed by atoms with van der Waals surface area (Å²) < 4.78 is 19.0. The van der Waals surface area contributed by atoms with Gasteiger partial charge in [-0.15, -0.1) is 0 Å². The highest BCUT2D eigenvalue weighted by atomic mass is 35.5. The van der Waals surface area contributed by atoms with Crippen LogP contribution in [-0.2, 0) is 9.53 Å². The summed E-state index contributed by atoms with van der Waals surface area (Å²) in [6.45, 7) is 0.507. The van der Waals surface area contributed by atoms with Gasteiger partial charge in [0.25, 0.3) is 0 Å². The second-order valence-electron chi connectivity index (χ2n) is 4.11. The van der Waals surface area contributed by atoms with Crippen LogP contribution < -0.4 is 0 Å². The van der Waals surface area contributed by atoms with Crippen molar-refractivity contribution in [3.63, 3.8) is 0 Å². The smallest absolute Gasteiger partial charge is 0.183 e. The molecule has 0 spiro atoms. The number of Topliss-reactive ketones (excluding diaryl/α,β-unsaturated/α-hetero) is 1. The molecule has 0 radical (unpaired) electrons. The molecule has 1 saturated heterocycles. The molecule has 1 aromatic carbocycles. The Bertz CT molecular complexity index is 506. The van der Waals surface area contributed by atoms with Crippen molar-refractivity contribution >= 4 is 17.4 Å². The number of benzene rings is 1. The van der Waals surface area contributed by atoms with E-state index in [0.29, 0.717) is 13.0 Å². The van der Waals surface area contributed by atoms with E-state index in [-0.39, 0.29) is 10.6 Å². The van der Waals surface area contributed by atoms with Crippen molar-refractivity contribution < 1.29 is 13.9 Å². The molecule has 1 aliphatic heterocycles. The third kappa shape index (κ3) is 2.38. The van der Waals surface area contributed by atoms with Gasteiger partial charge in [-0.1, -0.05) is 23.7 Å². The Kier molecular flexibility index (Phi) is 3.95. The maximum atomic E-state index is 13.8. The molecule has 1 fully saturated rings. The molecule has 1 aliphatic rings. The third-order valence-corrected chi connectivity index (χ3v) is 3.25. The topological polar surface area (TPSA) is 50.1 Å². The van der Waals surface area contributed by atoms with Crippen LogP contribution >= 0.6 is 11.6 Å². The van der Waals surface area contributed by atoms with Crippen molar-refractivity contribution in [2.75, 3.05) is 6.61 Å². The summed E-state index contributed by atoms with van der Waals surface area (Å²) in [5.74, 6) is -2.26. The number of nitrogens with zero attached hydrogens (tertiary/aromatic N) is 1.